The van der Waals surface area contributed by atoms with Crippen molar-refractivity contribution in [3.63, 3.8) is 0 Å². The highest BCUT2D eigenvalue weighted by Gasteiger charge is 2.37. The van der Waals surface area contributed by atoms with Crippen LogP contribution >= 0.6 is 22.9 Å². The number of likely N-dealkylation sites (N-methyl/N-ethyl adjacent to an activating group) is 1. The normalized spacial score (nSPS) is 17.4. The lowest BCUT2D eigenvalue weighted by atomic mass is 9.95. The number of thiophene rings is 1. The summed E-state index contributed by atoms with van der Waals surface area (Å²) >= 11 is 7.60. The molecule has 2 N–H and O–H groups in total. The maximum atomic E-state index is 15.8. The second-order valence-corrected chi connectivity index (χ2v) is 11.3. The van der Waals surface area contributed by atoms with E-state index in [2.05, 4.69) is 0 Å². The Labute approximate surface area is 238 Å². The third kappa shape index (κ3) is 4.87. The van der Waals surface area contributed by atoms with E-state index in [1.165, 1.54) is 12.1 Å². The van der Waals surface area contributed by atoms with Gasteiger partial charge >= 0.3 is 0 Å². The molecular formula is C28H26ClF2N5O3S. The SMILES string of the molecule is CN(C)C/C=C/C(=O)N1CCN2C(=O)c3cc(F)c(-c4ccc(F)c5sc(N)c(C#N)c45)c(Cl)c3OCC[C@H]2C1. The monoisotopic (exact) mass is 585 g/mol. The van der Waals surface area contributed by atoms with Crippen LogP contribution in [0.2, 0.25) is 5.02 Å². The van der Waals surface area contributed by atoms with Crippen molar-refractivity contribution in [1.82, 2.24) is 14.7 Å². The van der Waals surface area contributed by atoms with Crippen molar-refractivity contribution in [3.8, 4) is 22.9 Å². The lowest BCUT2D eigenvalue weighted by molar-refractivity contribution is -0.128. The number of nitrogens with zero attached hydrogens (tertiary/aromatic N) is 4. The third-order valence-corrected chi connectivity index (χ3v) is 8.47. The van der Waals surface area contributed by atoms with E-state index in [9.17, 15) is 19.2 Å². The van der Waals surface area contributed by atoms with Crippen LogP contribution in [0.1, 0.15) is 22.3 Å². The van der Waals surface area contributed by atoms with E-state index in [-0.39, 0.29) is 73.2 Å². The number of fused-ring (bicyclic) bond motifs is 3. The Morgan fingerprint density at radius 2 is 2.08 bits per heavy atom. The van der Waals surface area contributed by atoms with Gasteiger partial charge in [-0.25, -0.2) is 8.78 Å². The highest BCUT2D eigenvalue weighted by Crippen LogP contribution is 2.47. The summed E-state index contributed by atoms with van der Waals surface area (Å²) in [6.07, 6.45) is 3.76. The van der Waals surface area contributed by atoms with Crippen LogP contribution in [0.5, 0.6) is 5.75 Å². The molecule has 5 rings (SSSR count). The fraction of sp³-hybridized carbons (Fsp3) is 0.321. The first-order chi connectivity index (χ1) is 19.1. The number of carbonyl (C=O) groups excluding carboxylic acids is 2. The molecular weight excluding hydrogens is 560 g/mol. The number of halogens is 3. The molecule has 40 heavy (non-hydrogen) atoms. The van der Waals surface area contributed by atoms with Gasteiger partial charge in [0.05, 0.1) is 33.5 Å². The van der Waals surface area contributed by atoms with Crippen molar-refractivity contribution in [1.29, 1.82) is 5.26 Å². The molecule has 3 heterocycles. The van der Waals surface area contributed by atoms with Gasteiger partial charge in [-0.05, 0) is 31.8 Å². The number of hydrogen-bond donors (Lipinski definition) is 1. The van der Waals surface area contributed by atoms with E-state index in [1.54, 1.807) is 15.9 Å². The van der Waals surface area contributed by atoms with Gasteiger partial charge < -0.3 is 25.2 Å². The first kappa shape index (κ1) is 27.8. The topological polar surface area (TPSA) is 103 Å². The first-order valence-electron chi connectivity index (χ1n) is 12.6. The fourth-order valence-corrected chi connectivity index (χ4v) is 6.45. The maximum Gasteiger partial charge on any atom is 0.258 e. The molecule has 2 aliphatic rings. The molecule has 208 valence electrons. The van der Waals surface area contributed by atoms with Crippen LogP contribution in [0, 0.1) is 23.0 Å². The fourth-order valence-electron chi connectivity index (χ4n) is 5.15. The average Bonchev–Trinajstić information content (AvgIpc) is 3.26. The molecule has 0 spiro atoms. The van der Waals surface area contributed by atoms with E-state index in [0.717, 1.165) is 23.5 Å². The maximum absolute atomic E-state index is 15.8. The molecule has 3 aromatic rings. The molecule has 8 nitrogen and oxygen atoms in total. The van der Waals surface area contributed by atoms with Crippen LogP contribution in [0.4, 0.5) is 13.8 Å². The van der Waals surface area contributed by atoms with Crippen LogP contribution in [0.3, 0.4) is 0 Å². The van der Waals surface area contributed by atoms with E-state index in [4.69, 9.17) is 22.1 Å². The summed E-state index contributed by atoms with van der Waals surface area (Å²) < 4.78 is 36.4. The first-order valence-corrected chi connectivity index (χ1v) is 13.8. The van der Waals surface area contributed by atoms with E-state index < -0.39 is 17.5 Å². The Hall–Kier alpha value is -3.72. The van der Waals surface area contributed by atoms with Crippen LogP contribution in [0.15, 0.2) is 30.4 Å². The predicted molar refractivity (Wildman–Crippen MR) is 151 cm³/mol. The zero-order valence-electron chi connectivity index (χ0n) is 21.8. The van der Waals surface area contributed by atoms with Gasteiger partial charge in [0, 0.05) is 49.6 Å². The van der Waals surface area contributed by atoms with Crippen LogP contribution in [-0.2, 0) is 4.79 Å². The number of rotatable bonds is 4. The van der Waals surface area contributed by atoms with Crippen molar-refractivity contribution >= 4 is 49.8 Å². The number of piperazine rings is 1. The minimum atomic E-state index is -0.820. The number of nitrogens with two attached hydrogens (primary N) is 1. The zero-order chi connectivity index (χ0) is 28.7. The van der Waals surface area contributed by atoms with E-state index >= 15 is 4.39 Å². The molecule has 1 atom stereocenters. The standard InChI is InChI=1S/C28H26ClF2N5O3S/c1-34(2)8-3-4-21(37)35-9-10-36-15(14-35)7-11-39-25-17(28(36)38)12-20(31)23(24(25)29)16-5-6-19(30)26-22(16)18(13-32)27(33)40-26/h3-6,12,15H,7-11,14,33H2,1-2H3/b4-3+/t15-/m0/s1. The molecule has 2 aromatic carbocycles. The molecule has 1 aromatic heterocycles. The van der Waals surface area contributed by atoms with Crippen molar-refractivity contribution in [3.05, 3.63) is 58.1 Å². The van der Waals surface area contributed by atoms with Gasteiger partial charge in [0.1, 0.15) is 22.7 Å². The Morgan fingerprint density at radius 1 is 1.30 bits per heavy atom. The van der Waals surface area contributed by atoms with Crippen LogP contribution in [-0.4, -0.2) is 79.4 Å². The highest BCUT2D eigenvalue weighted by molar-refractivity contribution is 7.23. The van der Waals surface area contributed by atoms with E-state index in [0.29, 0.717) is 26.1 Å². The highest BCUT2D eigenvalue weighted by atomic mass is 35.5. The van der Waals surface area contributed by atoms with Gasteiger partial charge in [0.15, 0.2) is 5.75 Å². The van der Waals surface area contributed by atoms with Gasteiger partial charge in [-0.1, -0.05) is 23.7 Å². The second kappa shape index (κ2) is 11.0. The summed E-state index contributed by atoms with van der Waals surface area (Å²) in [4.78, 5) is 31.6. The molecule has 0 radical (unpaired) electrons. The molecule has 2 amide bonds. The lowest BCUT2D eigenvalue weighted by Gasteiger charge is -2.42. The molecule has 12 heteroatoms. The average molecular weight is 586 g/mol. The number of nitrogen functional groups attached to an aromatic ring is 1. The second-order valence-electron chi connectivity index (χ2n) is 9.91. The van der Waals surface area contributed by atoms with E-state index in [1.807, 2.05) is 25.1 Å². The largest absolute Gasteiger partial charge is 0.491 e. The zero-order valence-corrected chi connectivity index (χ0v) is 23.4. The number of benzene rings is 2. The summed E-state index contributed by atoms with van der Waals surface area (Å²) in [5, 5.41) is 9.76. The Kier molecular flexibility index (Phi) is 7.68. The number of hydrogen-bond acceptors (Lipinski definition) is 7. The number of ether oxygens (including phenoxy) is 1. The minimum absolute atomic E-state index is 0.0193. The van der Waals surface area contributed by atoms with Crippen LogP contribution < -0.4 is 10.5 Å². The summed E-state index contributed by atoms with van der Waals surface area (Å²) in [5.41, 5.74) is 6.01. The Bertz CT molecular complexity index is 1600. The number of carbonyl (C=O) groups is 2. The van der Waals surface area contributed by atoms with Crippen molar-refractivity contribution in [2.45, 2.75) is 12.5 Å². The van der Waals surface area contributed by atoms with Crippen molar-refractivity contribution in [2.24, 2.45) is 0 Å². The molecule has 0 unspecified atom stereocenters. The van der Waals surface area contributed by atoms with Crippen molar-refractivity contribution < 1.29 is 23.1 Å². The number of nitriles is 1. The Balaban J connectivity index is 1.50. The van der Waals surface area contributed by atoms with Gasteiger partial charge in [-0.15, -0.1) is 11.3 Å². The minimum Gasteiger partial charge on any atom is -0.491 e. The molecule has 1 fully saturated rings. The third-order valence-electron chi connectivity index (χ3n) is 7.09. The van der Waals surface area contributed by atoms with Crippen LogP contribution in [0.25, 0.3) is 21.2 Å². The number of amides is 2. The summed E-state index contributed by atoms with van der Waals surface area (Å²) in [6.45, 7) is 1.73. The van der Waals surface area contributed by atoms with Gasteiger partial charge in [0.25, 0.3) is 5.91 Å². The molecule has 0 aliphatic carbocycles. The quantitative estimate of drug-likeness (QED) is 0.452. The summed E-state index contributed by atoms with van der Waals surface area (Å²) in [6, 6.07) is 5.22. The smallest absolute Gasteiger partial charge is 0.258 e. The van der Waals surface area contributed by atoms with Gasteiger partial charge in [-0.3, -0.25) is 9.59 Å². The molecule has 1 saturated heterocycles. The van der Waals surface area contributed by atoms with Crippen molar-refractivity contribution in [2.75, 3.05) is 52.6 Å². The lowest BCUT2D eigenvalue weighted by Crippen LogP contribution is -2.57. The molecule has 0 bridgehead atoms. The molecule has 0 saturated carbocycles. The Morgan fingerprint density at radius 3 is 2.80 bits per heavy atom. The molecule has 2 aliphatic heterocycles. The summed E-state index contributed by atoms with van der Waals surface area (Å²) in [5.74, 6) is -1.98. The summed E-state index contributed by atoms with van der Waals surface area (Å²) in [7, 11) is 3.82. The number of anilines is 1. The van der Waals surface area contributed by atoms with Gasteiger partial charge in [0.2, 0.25) is 5.91 Å². The van der Waals surface area contributed by atoms with Gasteiger partial charge in [-0.2, -0.15) is 5.26 Å². The predicted octanol–water partition coefficient (Wildman–Crippen LogP) is 4.51.